The lowest BCUT2D eigenvalue weighted by molar-refractivity contribution is 0.0731. The van der Waals surface area contributed by atoms with Crippen molar-refractivity contribution in [1.29, 1.82) is 0 Å². The van der Waals surface area contributed by atoms with Crippen LogP contribution in [0.2, 0.25) is 0 Å². The molecule has 0 bridgehead atoms. The van der Waals surface area contributed by atoms with Crippen molar-refractivity contribution in [2.45, 2.75) is 51.7 Å². The first-order valence-corrected chi connectivity index (χ1v) is 8.31. The molecular weight excluding hydrogens is 290 g/mol. The summed E-state index contributed by atoms with van der Waals surface area (Å²) in [6.45, 7) is 7.96. The van der Waals surface area contributed by atoms with Crippen molar-refractivity contribution < 1.29 is 5.11 Å². The number of hydrogen-bond acceptors (Lipinski definition) is 5. The van der Waals surface area contributed by atoms with E-state index in [1.165, 1.54) is 5.69 Å². The Balaban J connectivity index is 1.48. The predicted molar refractivity (Wildman–Crippen MR) is 87.7 cm³/mol. The fourth-order valence-corrected chi connectivity index (χ4v) is 3.59. The third-order valence-corrected chi connectivity index (χ3v) is 4.95. The number of hydrogen-bond donors (Lipinski definition) is 1. The molecular formula is C17H23N5O. The molecule has 3 heterocycles. The maximum atomic E-state index is 9.51. The highest BCUT2D eigenvalue weighted by Gasteiger charge is 2.33. The standard InChI is InChI=1S/C17H23N5O/c1-10-4-11(2)22(20-10)14-8-21(9-14)17-7-16(18-12(3)19-17)13-5-15(23)6-13/h4,7,13-15,23H,5-6,8-9H2,1-3H3. The summed E-state index contributed by atoms with van der Waals surface area (Å²) in [6.07, 6.45) is 1.49. The number of anilines is 1. The molecule has 0 spiro atoms. The largest absolute Gasteiger partial charge is 0.393 e. The monoisotopic (exact) mass is 313 g/mol. The van der Waals surface area contributed by atoms with Gasteiger partial charge in [0.1, 0.15) is 11.6 Å². The molecule has 4 rings (SSSR count). The minimum Gasteiger partial charge on any atom is -0.393 e. The number of aliphatic hydroxyl groups is 1. The molecule has 1 aliphatic carbocycles. The van der Waals surface area contributed by atoms with Gasteiger partial charge in [-0.15, -0.1) is 0 Å². The maximum absolute atomic E-state index is 9.51. The van der Waals surface area contributed by atoms with Crippen molar-refractivity contribution in [3.8, 4) is 0 Å². The first-order chi connectivity index (χ1) is 11.0. The molecule has 1 aliphatic heterocycles. The number of nitrogens with zero attached hydrogens (tertiary/aromatic N) is 5. The minimum atomic E-state index is -0.154. The van der Waals surface area contributed by atoms with E-state index >= 15 is 0 Å². The summed E-state index contributed by atoms with van der Waals surface area (Å²) in [6, 6.07) is 4.64. The van der Waals surface area contributed by atoms with Crippen molar-refractivity contribution in [1.82, 2.24) is 19.7 Å². The van der Waals surface area contributed by atoms with Gasteiger partial charge in [-0.3, -0.25) is 4.68 Å². The molecule has 6 heteroatoms. The normalized spacial score (nSPS) is 24.4. The Morgan fingerprint density at radius 1 is 1.09 bits per heavy atom. The number of rotatable bonds is 3. The average Bonchev–Trinajstić information content (AvgIpc) is 2.72. The Bertz CT molecular complexity index is 729. The van der Waals surface area contributed by atoms with E-state index in [1.807, 2.05) is 13.8 Å². The lowest BCUT2D eigenvalue weighted by atomic mass is 9.80. The summed E-state index contributed by atoms with van der Waals surface area (Å²) in [5.41, 5.74) is 3.37. The molecule has 1 saturated heterocycles. The second-order valence-electron chi connectivity index (χ2n) is 6.95. The Morgan fingerprint density at radius 3 is 2.43 bits per heavy atom. The number of aliphatic hydroxyl groups excluding tert-OH is 1. The lowest BCUT2D eigenvalue weighted by Crippen LogP contribution is -2.49. The highest BCUT2D eigenvalue weighted by atomic mass is 16.3. The van der Waals surface area contributed by atoms with Gasteiger partial charge in [-0.1, -0.05) is 0 Å². The summed E-state index contributed by atoms with van der Waals surface area (Å²) in [7, 11) is 0. The van der Waals surface area contributed by atoms with Crippen molar-refractivity contribution in [3.05, 3.63) is 35.0 Å². The van der Waals surface area contributed by atoms with Crippen LogP contribution in [0.25, 0.3) is 0 Å². The third kappa shape index (κ3) is 2.61. The molecule has 0 atom stereocenters. The predicted octanol–water partition coefficient (Wildman–Crippen LogP) is 1.90. The topological polar surface area (TPSA) is 67.1 Å². The van der Waals surface area contributed by atoms with Gasteiger partial charge in [-0.25, -0.2) is 9.97 Å². The van der Waals surface area contributed by atoms with Crippen molar-refractivity contribution in [2.75, 3.05) is 18.0 Å². The summed E-state index contributed by atoms with van der Waals surface area (Å²) >= 11 is 0. The molecule has 0 amide bonds. The van der Waals surface area contributed by atoms with Crippen LogP contribution in [0, 0.1) is 20.8 Å². The first-order valence-electron chi connectivity index (χ1n) is 8.31. The molecule has 0 aromatic carbocycles. The summed E-state index contributed by atoms with van der Waals surface area (Å²) in [5.74, 6) is 2.21. The van der Waals surface area contributed by atoms with Crippen LogP contribution in [-0.4, -0.2) is 44.0 Å². The van der Waals surface area contributed by atoms with Gasteiger partial charge in [0.25, 0.3) is 0 Å². The van der Waals surface area contributed by atoms with Crippen LogP contribution in [0.1, 0.15) is 47.7 Å². The smallest absolute Gasteiger partial charge is 0.132 e. The molecule has 0 radical (unpaired) electrons. The van der Waals surface area contributed by atoms with Crippen molar-refractivity contribution in [2.24, 2.45) is 0 Å². The lowest BCUT2D eigenvalue weighted by Gasteiger charge is -2.41. The second-order valence-corrected chi connectivity index (χ2v) is 6.95. The van der Waals surface area contributed by atoms with Gasteiger partial charge in [-0.05, 0) is 39.7 Å². The van der Waals surface area contributed by atoms with Gasteiger partial charge < -0.3 is 10.0 Å². The van der Waals surface area contributed by atoms with Crippen molar-refractivity contribution in [3.63, 3.8) is 0 Å². The van der Waals surface area contributed by atoms with E-state index in [1.54, 1.807) is 0 Å². The van der Waals surface area contributed by atoms with Gasteiger partial charge in [0.2, 0.25) is 0 Å². The van der Waals surface area contributed by atoms with E-state index in [0.29, 0.717) is 12.0 Å². The van der Waals surface area contributed by atoms with Gasteiger partial charge in [-0.2, -0.15) is 5.10 Å². The van der Waals surface area contributed by atoms with Crippen molar-refractivity contribution >= 4 is 5.82 Å². The zero-order valence-electron chi connectivity index (χ0n) is 13.9. The minimum absolute atomic E-state index is 0.154. The molecule has 122 valence electrons. The van der Waals surface area contributed by atoms with E-state index < -0.39 is 0 Å². The fourth-order valence-electron chi connectivity index (χ4n) is 3.59. The summed E-state index contributed by atoms with van der Waals surface area (Å²) in [5, 5.41) is 14.1. The highest BCUT2D eigenvalue weighted by Crippen LogP contribution is 2.37. The molecule has 6 nitrogen and oxygen atoms in total. The summed E-state index contributed by atoms with van der Waals surface area (Å²) < 4.78 is 2.13. The van der Waals surface area contributed by atoms with Crippen LogP contribution < -0.4 is 4.90 Å². The van der Waals surface area contributed by atoms with E-state index in [-0.39, 0.29) is 6.10 Å². The van der Waals surface area contributed by atoms with E-state index in [4.69, 9.17) is 0 Å². The Kier molecular flexibility index (Phi) is 3.37. The second kappa shape index (κ2) is 5.30. The SMILES string of the molecule is Cc1cc(C)n(C2CN(c3cc(C4CC(O)C4)nc(C)n3)C2)n1. The molecule has 2 aliphatic rings. The van der Waals surface area contributed by atoms with E-state index in [2.05, 4.69) is 43.7 Å². The van der Waals surface area contributed by atoms with Gasteiger partial charge in [0, 0.05) is 36.5 Å². The van der Waals surface area contributed by atoms with Crippen LogP contribution in [0.4, 0.5) is 5.82 Å². The van der Waals surface area contributed by atoms with Crippen LogP contribution in [0.5, 0.6) is 0 Å². The van der Waals surface area contributed by atoms with E-state index in [0.717, 1.165) is 49.0 Å². The Labute approximate surface area is 136 Å². The molecule has 1 saturated carbocycles. The van der Waals surface area contributed by atoms with Gasteiger partial charge >= 0.3 is 0 Å². The summed E-state index contributed by atoms with van der Waals surface area (Å²) in [4.78, 5) is 11.4. The third-order valence-electron chi connectivity index (χ3n) is 4.95. The van der Waals surface area contributed by atoms with Crippen LogP contribution in [0.15, 0.2) is 12.1 Å². The molecule has 0 unspecified atom stereocenters. The van der Waals surface area contributed by atoms with Gasteiger partial charge in [0.05, 0.1) is 17.8 Å². The van der Waals surface area contributed by atoms with Crippen LogP contribution >= 0.6 is 0 Å². The first kappa shape index (κ1) is 14.6. The molecule has 1 N–H and O–H groups in total. The van der Waals surface area contributed by atoms with Gasteiger partial charge in [0.15, 0.2) is 0 Å². The number of aryl methyl sites for hydroxylation is 3. The zero-order valence-corrected chi connectivity index (χ0v) is 13.9. The number of aromatic nitrogens is 4. The van der Waals surface area contributed by atoms with E-state index in [9.17, 15) is 5.11 Å². The molecule has 2 aromatic heterocycles. The Morgan fingerprint density at radius 2 is 1.83 bits per heavy atom. The molecule has 2 fully saturated rings. The molecule has 2 aromatic rings. The average molecular weight is 313 g/mol. The highest BCUT2D eigenvalue weighted by molar-refractivity contribution is 5.44. The Hall–Kier alpha value is -1.95. The van der Waals surface area contributed by atoms with Crippen LogP contribution in [-0.2, 0) is 0 Å². The quantitative estimate of drug-likeness (QED) is 0.937. The maximum Gasteiger partial charge on any atom is 0.132 e. The van der Waals surface area contributed by atoms with Crippen LogP contribution in [0.3, 0.4) is 0 Å². The zero-order chi connectivity index (χ0) is 16.1. The molecule has 23 heavy (non-hydrogen) atoms. The fraction of sp³-hybridized carbons (Fsp3) is 0.588.